The molecule has 0 aliphatic carbocycles. The quantitative estimate of drug-likeness (QED) is 0.445. The Morgan fingerprint density at radius 3 is 2.30 bits per heavy atom. The second-order valence-electron chi connectivity index (χ2n) is 2.46. The second kappa shape index (κ2) is 3.30. The number of rotatable bonds is 2. The summed E-state index contributed by atoms with van der Waals surface area (Å²) in [5, 5.41) is 26.3. The SMILES string of the molecule is OC[C@H]1C[C@@H](O)[C@H](CO)O1. The van der Waals surface area contributed by atoms with Crippen LogP contribution in [0.4, 0.5) is 0 Å². The summed E-state index contributed by atoms with van der Waals surface area (Å²) >= 11 is 0. The molecule has 3 N–H and O–H groups in total. The van der Waals surface area contributed by atoms with Gasteiger partial charge in [0.2, 0.25) is 0 Å². The van der Waals surface area contributed by atoms with Crippen molar-refractivity contribution >= 4 is 0 Å². The lowest BCUT2D eigenvalue weighted by atomic mass is 10.1. The normalized spacial score (nSPS) is 40.5. The lowest BCUT2D eigenvalue weighted by Crippen LogP contribution is -2.24. The summed E-state index contributed by atoms with van der Waals surface area (Å²) in [5.74, 6) is 0. The third-order valence-corrected chi connectivity index (χ3v) is 1.68. The predicted octanol–water partition coefficient (Wildman–Crippen LogP) is -1.51. The minimum atomic E-state index is -0.623. The van der Waals surface area contributed by atoms with Crippen LogP contribution in [0.15, 0.2) is 0 Å². The van der Waals surface area contributed by atoms with E-state index in [2.05, 4.69) is 0 Å². The van der Waals surface area contributed by atoms with Crippen molar-refractivity contribution in [2.45, 2.75) is 24.7 Å². The van der Waals surface area contributed by atoms with Crippen LogP contribution < -0.4 is 0 Å². The summed E-state index contributed by atoms with van der Waals surface area (Å²) in [4.78, 5) is 0. The van der Waals surface area contributed by atoms with Gasteiger partial charge in [-0.2, -0.15) is 0 Å². The van der Waals surface area contributed by atoms with Crippen LogP contribution in [-0.4, -0.2) is 46.8 Å². The molecule has 1 aliphatic heterocycles. The minimum absolute atomic E-state index is 0.0897. The fraction of sp³-hybridized carbons (Fsp3) is 1.00. The van der Waals surface area contributed by atoms with Gasteiger partial charge in [0.05, 0.1) is 25.4 Å². The van der Waals surface area contributed by atoms with Gasteiger partial charge < -0.3 is 20.1 Å². The van der Waals surface area contributed by atoms with Crippen molar-refractivity contribution in [2.24, 2.45) is 0 Å². The third kappa shape index (κ3) is 1.46. The first kappa shape index (κ1) is 7.94. The number of ether oxygens (including phenoxy) is 1. The Morgan fingerprint density at radius 2 is 2.00 bits per heavy atom. The van der Waals surface area contributed by atoms with Gasteiger partial charge in [0.25, 0.3) is 0 Å². The second-order valence-corrected chi connectivity index (χ2v) is 2.46. The monoisotopic (exact) mass is 148 g/mol. The topological polar surface area (TPSA) is 69.9 Å². The first-order valence-corrected chi connectivity index (χ1v) is 3.33. The summed E-state index contributed by atoms with van der Waals surface area (Å²) in [5.41, 5.74) is 0. The molecule has 0 amide bonds. The van der Waals surface area contributed by atoms with Crippen molar-refractivity contribution in [1.29, 1.82) is 0 Å². The number of hydrogen-bond acceptors (Lipinski definition) is 4. The summed E-state index contributed by atoms with van der Waals surface area (Å²) in [6.45, 7) is -0.273. The van der Waals surface area contributed by atoms with Crippen LogP contribution in [0.1, 0.15) is 6.42 Å². The molecule has 60 valence electrons. The van der Waals surface area contributed by atoms with Crippen LogP contribution in [0.3, 0.4) is 0 Å². The lowest BCUT2D eigenvalue weighted by Gasteiger charge is -2.09. The predicted molar refractivity (Wildman–Crippen MR) is 33.5 cm³/mol. The number of aliphatic hydroxyl groups is 3. The molecule has 0 aromatic heterocycles. The van der Waals surface area contributed by atoms with Gasteiger partial charge in [0.15, 0.2) is 0 Å². The molecule has 4 heteroatoms. The van der Waals surface area contributed by atoms with Gasteiger partial charge in [-0.05, 0) is 0 Å². The van der Waals surface area contributed by atoms with Crippen molar-refractivity contribution < 1.29 is 20.1 Å². The molecule has 4 nitrogen and oxygen atoms in total. The molecule has 1 saturated heterocycles. The van der Waals surface area contributed by atoms with Gasteiger partial charge in [-0.3, -0.25) is 0 Å². The van der Waals surface area contributed by atoms with E-state index in [0.29, 0.717) is 6.42 Å². The Bertz CT molecular complexity index is 106. The molecule has 0 aromatic carbocycles. The molecule has 0 bridgehead atoms. The van der Waals surface area contributed by atoms with Crippen molar-refractivity contribution in [3.8, 4) is 0 Å². The zero-order valence-corrected chi connectivity index (χ0v) is 5.60. The maximum atomic E-state index is 9.09. The molecular formula is C6H12O4. The van der Waals surface area contributed by atoms with Crippen LogP contribution in [0, 0.1) is 0 Å². The van der Waals surface area contributed by atoms with E-state index in [4.69, 9.17) is 20.1 Å². The van der Waals surface area contributed by atoms with Crippen molar-refractivity contribution in [3.05, 3.63) is 0 Å². The van der Waals surface area contributed by atoms with Crippen LogP contribution in [-0.2, 0) is 4.74 Å². The standard InChI is InChI=1S/C6H12O4/c7-2-4-1-5(9)6(3-8)10-4/h4-9H,1-3H2/t4-,5-,6+/m1/s1. The summed E-state index contributed by atoms with van der Waals surface area (Å²) in [6, 6.07) is 0. The first-order valence-electron chi connectivity index (χ1n) is 3.33. The van der Waals surface area contributed by atoms with Crippen LogP contribution in [0.25, 0.3) is 0 Å². The smallest absolute Gasteiger partial charge is 0.107 e. The molecule has 1 fully saturated rings. The van der Waals surface area contributed by atoms with Crippen molar-refractivity contribution in [3.63, 3.8) is 0 Å². The van der Waals surface area contributed by atoms with E-state index in [1.165, 1.54) is 0 Å². The zero-order valence-electron chi connectivity index (χ0n) is 5.60. The molecule has 1 heterocycles. The summed E-state index contributed by atoms with van der Waals surface area (Å²) < 4.78 is 5.02. The van der Waals surface area contributed by atoms with Gasteiger partial charge in [0.1, 0.15) is 6.10 Å². The highest BCUT2D eigenvalue weighted by molar-refractivity contribution is 4.80. The number of aliphatic hydroxyl groups excluding tert-OH is 3. The van der Waals surface area contributed by atoms with Gasteiger partial charge in [0, 0.05) is 6.42 Å². The number of hydrogen-bond donors (Lipinski definition) is 3. The average Bonchev–Trinajstić information content (AvgIpc) is 2.30. The highest BCUT2D eigenvalue weighted by Gasteiger charge is 2.32. The van der Waals surface area contributed by atoms with E-state index in [-0.39, 0.29) is 19.3 Å². The summed E-state index contributed by atoms with van der Waals surface area (Å²) in [6.07, 6.45) is -1.01. The van der Waals surface area contributed by atoms with E-state index in [1.54, 1.807) is 0 Å². The molecular weight excluding hydrogens is 136 g/mol. The Kier molecular flexibility index (Phi) is 2.62. The maximum Gasteiger partial charge on any atom is 0.107 e. The van der Waals surface area contributed by atoms with E-state index >= 15 is 0 Å². The average molecular weight is 148 g/mol. The van der Waals surface area contributed by atoms with Gasteiger partial charge in [-0.25, -0.2) is 0 Å². The zero-order chi connectivity index (χ0) is 7.56. The molecule has 1 aliphatic rings. The molecule has 0 saturated carbocycles. The highest BCUT2D eigenvalue weighted by atomic mass is 16.5. The molecule has 0 unspecified atom stereocenters. The van der Waals surface area contributed by atoms with E-state index < -0.39 is 12.2 Å². The lowest BCUT2D eigenvalue weighted by molar-refractivity contribution is -0.0355. The summed E-state index contributed by atoms with van der Waals surface area (Å²) in [7, 11) is 0. The molecule has 10 heavy (non-hydrogen) atoms. The maximum absolute atomic E-state index is 9.09. The van der Waals surface area contributed by atoms with Crippen LogP contribution in [0.2, 0.25) is 0 Å². The molecule has 0 aromatic rings. The molecule has 1 rings (SSSR count). The molecule has 3 atom stereocenters. The molecule has 0 spiro atoms. The first-order chi connectivity index (χ1) is 4.77. The van der Waals surface area contributed by atoms with Crippen molar-refractivity contribution in [2.75, 3.05) is 13.2 Å². The van der Waals surface area contributed by atoms with E-state index in [0.717, 1.165) is 0 Å². The van der Waals surface area contributed by atoms with Gasteiger partial charge in [-0.1, -0.05) is 0 Å². The van der Waals surface area contributed by atoms with E-state index in [9.17, 15) is 0 Å². The Hall–Kier alpha value is -0.160. The van der Waals surface area contributed by atoms with Crippen molar-refractivity contribution in [1.82, 2.24) is 0 Å². The fourth-order valence-corrected chi connectivity index (χ4v) is 1.10. The van der Waals surface area contributed by atoms with Gasteiger partial charge >= 0.3 is 0 Å². The van der Waals surface area contributed by atoms with Crippen LogP contribution >= 0.6 is 0 Å². The van der Waals surface area contributed by atoms with Gasteiger partial charge in [-0.15, -0.1) is 0 Å². The Balaban J connectivity index is 2.36. The third-order valence-electron chi connectivity index (χ3n) is 1.68. The highest BCUT2D eigenvalue weighted by Crippen LogP contribution is 2.19. The minimum Gasteiger partial charge on any atom is -0.394 e. The fourth-order valence-electron chi connectivity index (χ4n) is 1.10. The van der Waals surface area contributed by atoms with Crippen LogP contribution in [0.5, 0.6) is 0 Å². The Labute approximate surface area is 59.1 Å². The molecule has 0 radical (unpaired) electrons. The Morgan fingerprint density at radius 1 is 1.30 bits per heavy atom. The van der Waals surface area contributed by atoms with E-state index in [1.807, 2.05) is 0 Å². The largest absolute Gasteiger partial charge is 0.394 e.